The predicted octanol–water partition coefficient (Wildman–Crippen LogP) is 4.89. The lowest BCUT2D eigenvalue weighted by molar-refractivity contribution is -0.118. The summed E-state index contributed by atoms with van der Waals surface area (Å²) in [6, 6.07) is 13.6. The molecule has 0 bridgehead atoms. The van der Waals surface area contributed by atoms with Crippen LogP contribution in [0.2, 0.25) is 0 Å². The van der Waals surface area contributed by atoms with Crippen molar-refractivity contribution in [3.8, 4) is 0 Å². The molecule has 0 aliphatic rings. The number of anilines is 1. The minimum absolute atomic E-state index is 0.282. The fourth-order valence-corrected chi connectivity index (χ4v) is 3.30. The van der Waals surface area contributed by atoms with Gasteiger partial charge in [0.2, 0.25) is 5.91 Å². The number of hydrogen-bond acceptors (Lipinski definition) is 6. The maximum Gasteiger partial charge on any atom is 0.435 e. The van der Waals surface area contributed by atoms with E-state index in [0.717, 1.165) is 5.56 Å². The van der Waals surface area contributed by atoms with E-state index in [2.05, 4.69) is 15.7 Å². The summed E-state index contributed by atoms with van der Waals surface area (Å²) in [4.78, 5) is 38.0. The van der Waals surface area contributed by atoms with Gasteiger partial charge in [0.25, 0.3) is 0 Å². The molecule has 9 heteroatoms. The standard InChI is InChI=1S/C26H32N4O5/c1-25(2,3)34-23(32)29-20(14-17-10-8-7-9-11-17)22(31)28-19-12-13-21-18(15-19)16-27-30(21)24(33)35-26(4,5)6/h7-13,15-16,20H,14H2,1-6H3,(H,28,31)(H,29,32). The van der Waals surface area contributed by atoms with Gasteiger partial charge in [-0.25, -0.2) is 9.59 Å². The molecule has 2 N–H and O–H groups in total. The number of benzene rings is 2. The van der Waals surface area contributed by atoms with E-state index in [-0.39, 0.29) is 6.42 Å². The Labute approximate surface area is 204 Å². The van der Waals surface area contributed by atoms with Crippen LogP contribution in [0.4, 0.5) is 15.3 Å². The van der Waals surface area contributed by atoms with E-state index in [4.69, 9.17) is 9.47 Å². The summed E-state index contributed by atoms with van der Waals surface area (Å²) in [6.45, 7) is 10.6. The molecule has 1 aromatic heterocycles. The van der Waals surface area contributed by atoms with Gasteiger partial charge in [-0.1, -0.05) is 30.3 Å². The number of nitrogens with one attached hydrogen (secondary N) is 2. The third kappa shape index (κ3) is 7.56. The molecule has 0 fully saturated rings. The quantitative estimate of drug-likeness (QED) is 0.538. The molecule has 0 aliphatic heterocycles. The molecule has 2 amide bonds. The molecular formula is C26H32N4O5. The molecule has 186 valence electrons. The van der Waals surface area contributed by atoms with Crippen molar-refractivity contribution in [1.82, 2.24) is 15.1 Å². The van der Waals surface area contributed by atoms with E-state index in [1.54, 1.807) is 59.7 Å². The average molecular weight is 481 g/mol. The second-order valence-corrected chi connectivity index (χ2v) is 10.2. The van der Waals surface area contributed by atoms with Gasteiger partial charge in [0.1, 0.15) is 17.2 Å². The molecule has 0 saturated carbocycles. The summed E-state index contributed by atoms with van der Waals surface area (Å²) < 4.78 is 11.9. The van der Waals surface area contributed by atoms with Crippen LogP contribution in [0.15, 0.2) is 54.7 Å². The first-order chi connectivity index (χ1) is 16.3. The molecule has 1 atom stereocenters. The van der Waals surface area contributed by atoms with E-state index in [9.17, 15) is 14.4 Å². The molecule has 1 heterocycles. The number of fused-ring (bicyclic) bond motifs is 1. The fourth-order valence-electron chi connectivity index (χ4n) is 3.30. The number of rotatable bonds is 5. The Balaban J connectivity index is 1.78. The van der Waals surface area contributed by atoms with Crippen LogP contribution in [-0.4, -0.2) is 45.1 Å². The summed E-state index contributed by atoms with van der Waals surface area (Å²) in [5, 5.41) is 10.3. The minimum Gasteiger partial charge on any atom is -0.444 e. The van der Waals surface area contributed by atoms with E-state index < -0.39 is 35.3 Å². The highest BCUT2D eigenvalue weighted by molar-refractivity contribution is 5.99. The topological polar surface area (TPSA) is 112 Å². The van der Waals surface area contributed by atoms with Crippen molar-refractivity contribution in [3.63, 3.8) is 0 Å². The molecule has 0 aliphatic carbocycles. The first-order valence-corrected chi connectivity index (χ1v) is 11.4. The number of hydrogen-bond donors (Lipinski definition) is 2. The number of ether oxygens (including phenoxy) is 2. The third-order valence-corrected chi connectivity index (χ3v) is 4.69. The van der Waals surface area contributed by atoms with Gasteiger partial charge in [0, 0.05) is 17.5 Å². The van der Waals surface area contributed by atoms with Crippen molar-refractivity contribution < 1.29 is 23.9 Å². The lowest BCUT2D eigenvalue weighted by Gasteiger charge is -2.23. The molecule has 0 spiro atoms. The normalized spacial score (nSPS) is 12.6. The molecule has 2 aromatic carbocycles. The van der Waals surface area contributed by atoms with Gasteiger partial charge in [0.05, 0.1) is 11.7 Å². The second-order valence-electron chi connectivity index (χ2n) is 10.2. The lowest BCUT2D eigenvalue weighted by Crippen LogP contribution is -2.47. The largest absolute Gasteiger partial charge is 0.444 e. The van der Waals surface area contributed by atoms with Crippen molar-refractivity contribution in [2.45, 2.75) is 65.2 Å². The molecular weight excluding hydrogens is 448 g/mol. The number of amides is 2. The van der Waals surface area contributed by atoms with Crippen LogP contribution in [0, 0.1) is 0 Å². The first kappa shape index (κ1) is 25.7. The fraction of sp³-hybridized carbons (Fsp3) is 0.385. The molecule has 0 saturated heterocycles. The summed E-state index contributed by atoms with van der Waals surface area (Å²) in [5.41, 5.74) is 0.577. The van der Waals surface area contributed by atoms with E-state index in [0.29, 0.717) is 16.6 Å². The van der Waals surface area contributed by atoms with Crippen LogP contribution < -0.4 is 10.6 Å². The maximum atomic E-state index is 13.1. The van der Waals surface area contributed by atoms with Crippen LogP contribution >= 0.6 is 0 Å². The number of nitrogens with zero attached hydrogens (tertiary/aromatic N) is 2. The summed E-state index contributed by atoms with van der Waals surface area (Å²) in [5.74, 6) is -0.404. The zero-order chi connectivity index (χ0) is 25.8. The van der Waals surface area contributed by atoms with Crippen LogP contribution in [0.1, 0.15) is 47.1 Å². The minimum atomic E-state index is -0.868. The number of alkyl carbamates (subject to hydrolysis) is 1. The Morgan fingerprint density at radius 1 is 0.943 bits per heavy atom. The van der Waals surface area contributed by atoms with Gasteiger partial charge >= 0.3 is 12.2 Å². The zero-order valence-electron chi connectivity index (χ0n) is 20.9. The van der Waals surface area contributed by atoms with Crippen LogP contribution in [0.3, 0.4) is 0 Å². The monoisotopic (exact) mass is 480 g/mol. The molecule has 9 nitrogen and oxygen atoms in total. The van der Waals surface area contributed by atoms with Gasteiger partial charge in [-0.15, -0.1) is 0 Å². The van der Waals surface area contributed by atoms with Crippen molar-refractivity contribution in [1.29, 1.82) is 0 Å². The highest BCUT2D eigenvalue weighted by Crippen LogP contribution is 2.21. The molecule has 0 radical (unpaired) electrons. The predicted molar refractivity (Wildman–Crippen MR) is 133 cm³/mol. The van der Waals surface area contributed by atoms with Crippen LogP contribution in [0.25, 0.3) is 10.9 Å². The summed E-state index contributed by atoms with van der Waals surface area (Å²) >= 11 is 0. The van der Waals surface area contributed by atoms with Crippen molar-refractivity contribution in [2.24, 2.45) is 0 Å². The van der Waals surface area contributed by atoms with Crippen LogP contribution in [0.5, 0.6) is 0 Å². The van der Waals surface area contributed by atoms with Crippen molar-refractivity contribution in [3.05, 3.63) is 60.3 Å². The van der Waals surface area contributed by atoms with E-state index in [1.165, 1.54) is 10.9 Å². The summed E-state index contributed by atoms with van der Waals surface area (Å²) in [7, 11) is 0. The van der Waals surface area contributed by atoms with E-state index >= 15 is 0 Å². The second kappa shape index (κ2) is 10.2. The lowest BCUT2D eigenvalue weighted by atomic mass is 10.1. The molecule has 35 heavy (non-hydrogen) atoms. The van der Waals surface area contributed by atoms with Crippen molar-refractivity contribution >= 4 is 34.7 Å². The Bertz CT molecular complexity index is 1210. The van der Waals surface area contributed by atoms with Crippen molar-refractivity contribution in [2.75, 3.05) is 5.32 Å². The Kier molecular flexibility index (Phi) is 7.48. The highest BCUT2D eigenvalue weighted by atomic mass is 16.6. The van der Waals surface area contributed by atoms with Gasteiger partial charge in [0.15, 0.2) is 0 Å². The smallest absolute Gasteiger partial charge is 0.435 e. The maximum absolute atomic E-state index is 13.1. The van der Waals surface area contributed by atoms with E-state index in [1.807, 2.05) is 30.3 Å². The Hall–Kier alpha value is -3.88. The summed E-state index contributed by atoms with van der Waals surface area (Å²) in [6.07, 6.45) is 0.538. The Morgan fingerprint density at radius 2 is 1.60 bits per heavy atom. The highest BCUT2D eigenvalue weighted by Gasteiger charge is 2.25. The zero-order valence-corrected chi connectivity index (χ0v) is 20.9. The van der Waals surface area contributed by atoms with Gasteiger partial charge in [-0.3, -0.25) is 4.79 Å². The van der Waals surface area contributed by atoms with Crippen LogP contribution in [-0.2, 0) is 20.7 Å². The molecule has 3 aromatic rings. The average Bonchev–Trinajstić information content (AvgIpc) is 3.15. The third-order valence-electron chi connectivity index (χ3n) is 4.69. The molecule has 1 unspecified atom stereocenters. The van der Waals surface area contributed by atoms with Gasteiger partial charge < -0.3 is 20.1 Å². The first-order valence-electron chi connectivity index (χ1n) is 11.4. The SMILES string of the molecule is CC(C)(C)OC(=O)NC(Cc1ccccc1)C(=O)Nc1ccc2c(cnn2C(=O)OC(C)(C)C)c1. The number of aromatic nitrogens is 2. The van der Waals surface area contributed by atoms with Gasteiger partial charge in [-0.05, 0) is 65.3 Å². The molecule has 3 rings (SSSR count). The number of carbonyl (C=O) groups excluding carboxylic acids is 3. The van der Waals surface area contributed by atoms with Gasteiger partial charge in [-0.2, -0.15) is 9.78 Å². The number of carbonyl (C=O) groups is 3. The Morgan fingerprint density at radius 3 is 2.23 bits per heavy atom.